The lowest BCUT2D eigenvalue weighted by atomic mass is 10.2. The Morgan fingerprint density at radius 1 is 1.53 bits per heavy atom. The van der Waals surface area contributed by atoms with Gasteiger partial charge in [0.15, 0.2) is 5.69 Å². The van der Waals surface area contributed by atoms with Gasteiger partial charge in [0.25, 0.3) is 0 Å². The molecule has 0 fully saturated rings. The molecule has 2 aromatic heterocycles. The van der Waals surface area contributed by atoms with Crippen LogP contribution in [0.5, 0.6) is 0 Å². The fraction of sp³-hybridized carbons (Fsp3) is 0.308. The third-order valence-electron chi connectivity index (χ3n) is 2.93. The zero-order chi connectivity index (χ0) is 14.0. The maximum absolute atomic E-state index is 11.6. The molecule has 0 saturated heterocycles. The summed E-state index contributed by atoms with van der Waals surface area (Å²) in [5.74, 6) is 0.446. The van der Waals surface area contributed by atoms with Gasteiger partial charge in [-0.15, -0.1) is 0 Å². The van der Waals surface area contributed by atoms with Crippen LogP contribution in [0.1, 0.15) is 28.8 Å². The second-order valence-corrected chi connectivity index (χ2v) is 4.10. The largest absolute Gasteiger partial charge is 0.464 e. The smallest absolute Gasteiger partial charge is 0.360 e. The summed E-state index contributed by atoms with van der Waals surface area (Å²) in [6.07, 6.45) is 4.06. The third-order valence-corrected chi connectivity index (χ3v) is 2.93. The number of anilines is 1. The molecule has 0 aliphatic rings. The van der Waals surface area contributed by atoms with Gasteiger partial charge in [0, 0.05) is 12.6 Å². The molecular formula is C13H16N4O2. The minimum atomic E-state index is -0.535. The number of nitrogens with two attached hydrogens (primary N) is 1. The number of esters is 1. The first-order valence-corrected chi connectivity index (χ1v) is 5.96. The van der Waals surface area contributed by atoms with Crippen molar-refractivity contribution in [2.75, 3.05) is 12.8 Å². The summed E-state index contributed by atoms with van der Waals surface area (Å²) in [7, 11) is 1.31. The van der Waals surface area contributed by atoms with Crippen LogP contribution in [0.4, 0.5) is 5.82 Å². The molecule has 0 bridgehead atoms. The number of nitrogens with zero attached hydrogens (tertiary/aromatic N) is 3. The first-order valence-electron chi connectivity index (χ1n) is 5.96. The lowest BCUT2D eigenvalue weighted by Crippen LogP contribution is -2.09. The highest BCUT2D eigenvalue weighted by Crippen LogP contribution is 2.23. The average molecular weight is 260 g/mol. The zero-order valence-electron chi connectivity index (χ0n) is 11.2. The molecule has 0 radical (unpaired) electrons. The van der Waals surface area contributed by atoms with Crippen LogP contribution < -0.4 is 5.73 Å². The van der Waals surface area contributed by atoms with Crippen LogP contribution in [-0.2, 0) is 11.2 Å². The van der Waals surface area contributed by atoms with Crippen LogP contribution in [0.15, 0.2) is 18.5 Å². The van der Waals surface area contributed by atoms with Crippen LogP contribution in [0.2, 0.25) is 0 Å². The molecule has 2 aromatic rings. The number of hydrogen-bond acceptors (Lipinski definition) is 5. The molecule has 6 heteroatoms. The molecule has 0 aliphatic carbocycles. The van der Waals surface area contributed by atoms with E-state index in [2.05, 4.69) is 14.7 Å². The molecule has 0 saturated carbocycles. The summed E-state index contributed by atoms with van der Waals surface area (Å²) >= 11 is 0. The first-order chi connectivity index (χ1) is 9.10. The van der Waals surface area contributed by atoms with E-state index in [1.807, 2.05) is 19.9 Å². The molecule has 0 atom stereocenters. The fourth-order valence-electron chi connectivity index (χ4n) is 1.92. The summed E-state index contributed by atoms with van der Waals surface area (Å²) in [6.45, 7) is 3.90. The highest BCUT2D eigenvalue weighted by atomic mass is 16.5. The van der Waals surface area contributed by atoms with Crippen molar-refractivity contribution < 1.29 is 9.53 Å². The number of rotatable bonds is 3. The number of imidazole rings is 1. The monoisotopic (exact) mass is 260 g/mol. The van der Waals surface area contributed by atoms with Crippen LogP contribution in [0.3, 0.4) is 0 Å². The van der Waals surface area contributed by atoms with Crippen molar-refractivity contribution in [1.29, 1.82) is 0 Å². The van der Waals surface area contributed by atoms with E-state index in [4.69, 9.17) is 5.73 Å². The predicted molar refractivity (Wildman–Crippen MR) is 71.2 cm³/mol. The van der Waals surface area contributed by atoms with Crippen molar-refractivity contribution in [3.63, 3.8) is 0 Å². The molecule has 2 rings (SSSR count). The van der Waals surface area contributed by atoms with Crippen molar-refractivity contribution in [3.8, 4) is 5.69 Å². The number of ether oxygens (including phenoxy) is 1. The Kier molecular flexibility index (Phi) is 3.50. The molecule has 0 amide bonds. The second-order valence-electron chi connectivity index (χ2n) is 4.10. The lowest BCUT2D eigenvalue weighted by molar-refractivity contribution is 0.0596. The van der Waals surface area contributed by atoms with Gasteiger partial charge >= 0.3 is 5.97 Å². The Bertz CT molecular complexity index is 619. The summed E-state index contributed by atoms with van der Waals surface area (Å²) < 4.78 is 6.43. The molecule has 2 heterocycles. The highest BCUT2D eigenvalue weighted by molar-refractivity contribution is 5.92. The third kappa shape index (κ3) is 2.16. The maximum Gasteiger partial charge on any atom is 0.360 e. The Labute approximate surface area is 111 Å². The minimum absolute atomic E-state index is 0.141. The van der Waals surface area contributed by atoms with Crippen molar-refractivity contribution in [3.05, 3.63) is 35.5 Å². The number of aryl methyl sites for hydroxylation is 2. The molecule has 6 nitrogen and oxygen atoms in total. The van der Waals surface area contributed by atoms with Gasteiger partial charge in [0.2, 0.25) is 0 Å². The topological polar surface area (TPSA) is 83.0 Å². The van der Waals surface area contributed by atoms with Gasteiger partial charge in [-0.25, -0.2) is 9.78 Å². The quantitative estimate of drug-likeness (QED) is 0.846. The molecule has 0 aromatic carbocycles. The standard InChI is InChI=1S/C13H16N4O2/c1-4-10-16-11(13(18)19-3)12(14)17(10)9-7-15-6-5-8(9)2/h5-7H,4,14H2,1-3H3. The van der Waals surface area contributed by atoms with E-state index in [-0.39, 0.29) is 11.5 Å². The number of aromatic nitrogens is 3. The summed E-state index contributed by atoms with van der Waals surface area (Å²) in [4.78, 5) is 20.0. The van der Waals surface area contributed by atoms with E-state index in [1.54, 1.807) is 17.0 Å². The van der Waals surface area contributed by atoms with E-state index in [1.165, 1.54) is 7.11 Å². The van der Waals surface area contributed by atoms with E-state index < -0.39 is 5.97 Å². The van der Waals surface area contributed by atoms with E-state index in [0.29, 0.717) is 12.2 Å². The van der Waals surface area contributed by atoms with Gasteiger partial charge < -0.3 is 10.5 Å². The molecule has 100 valence electrons. The molecular weight excluding hydrogens is 244 g/mol. The second kappa shape index (κ2) is 5.09. The van der Waals surface area contributed by atoms with Crippen molar-refractivity contribution in [2.45, 2.75) is 20.3 Å². The summed E-state index contributed by atoms with van der Waals surface area (Å²) in [5, 5.41) is 0. The highest BCUT2D eigenvalue weighted by Gasteiger charge is 2.21. The number of nitrogen functional groups attached to an aromatic ring is 1. The van der Waals surface area contributed by atoms with Crippen molar-refractivity contribution >= 4 is 11.8 Å². The Morgan fingerprint density at radius 3 is 2.84 bits per heavy atom. The number of methoxy groups -OCH3 is 1. The van der Waals surface area contributed by atoms with E-state index >= 15 is 0 Å². The SMILES string of the molecule is CCc1nc(C(=O)OC)c(N)n1-c1cnccc1C. The van der Waals surface area contributed by atoms with Crippen LogP contribution in [-0.4, -0.2) is 27.6 Å². The van der Waals surface area contributed by atoms with Crippen LogP contribution in [0.25, 0.3) is 5.69 Å². The zero-order valence-corrected chi connectivity index (χ0v) is 11.2. The predicted octanol–water partition coefficient (Wildman–Crippen LogP) is 1.51. The van der Waals surface area contributed by atoms with Crippen LogP contribution >= 0.6 is 0 Å². The maximum atomic E-state index is 11.6. The van der Waals surface area contributed by atoms with Gasteiger partial charge in [-0.05, 0) is 18.6 Å². The number of carbonyl (C=O) groups is 1. The van der Waals surface area contributed by atoms with Gasteiger partial charge in [0.05, 0.1) is 19.0 Å². The molecule has 0 spiro atoms. The van der Waals surface area contributed by atoms with Gasteiger partial charge in [-0.3, -0.25) is 9.55 Å². The Balaban J connectivity index is 2.66. The van der Waals surface area contributed by atoms with E-state index in [9.17, 15) is 4.79 Å². The van der Waals surface area contributed by atoms with Crippen molar-refractivity contribution in [2.24, 2.45) is 0 Å². The molecule has 19 heavy (non-hydrogen) atoms. The summed E-state index contributed by atoms with van der Waals surface area (Å²) in [6, 6.07) is 1.88. The Morgan fingerprint density at radius 2 is 2.26 bits per heavy atom. The normalized spacial score (nSPS) is 10.5. The Hall–Kier alpha value is -2.37. The van der Waals surface area contributed by atoms with Crippen LogP contribution in [0, 0.1) is 6.92 Å². The average Bonchev–Trinajstić information content (AvgIpc) is 2.75. The fourth-order valence-corrected chi connectivity index (χ4v) is 1.92. The number of carbonyl (C=O) groups excluding carboxylic acids is 1. The molecule has 0 aliphatic heterocycles. The molecule has 0 unspecified atom stereocenters. The minimum Gasteiger partial charge on any atom is -0.464 e. The lowest BCUT2D eigenvalue weighted by Gasteiger charge is -2.10. The number of hydrogen-bond donors (Lipinski definition) is 1. The van der Waals surface area contributed by atoms with Gasteiger partial charge in [-0.1, -0.05) is 6.92 Å². The summed E-state index contributed by atoms with van der Waals surface area (Å²) in [5.41, 5.74) is 7.99. The number of pyridine rings is 1. The molecule has 2 N–H and O–H groups in total. The van der Waals surface area contributed by atoms with Gasteiger partial charge in [-0.2, -0.15) is 0 Å². The van der Waals surface area contributed by atoms with Gasteiger partial charge in [0.1, 0.15) is 11.6 Å². The van der Waals surface area contributed by atoms with E-state index in [0.717, 1.165) is 11.3 Å². The first kappa shape index (κ1) is 13.1. The van der Waals surface area contributed by atoms with Crippen molar-refractivity contribution in [1.82, 2.24) is 14.5 Å².